The molecule has 1 aliphatic heterocycles. The van der Waals surface area contributed by atoms with Gasteiger partial charge in [-0.1, -0.05) is 0 Å². The van der Waals surface area contributed by atoms with E-state index in [0.29, 0.717) is 30.0 Å². The highest BCUT2D eigenvalue weighted by Crippen LogP contribution is 2.28. The SMILES string of the molecule is Cc1cc(C2CCCN(C(=O)c3ccc(F)cc3C)C2)n2ncnc2n1. The van der Waals surface area contributed by atoms with Crippen molar-refractivity contribution in [3.05, 3.63) is 58.9 Å². The molecule has 26 heavy (non-hydrogen) atoms. The maximum atomic E-state index is 13.3. The highest BCUT2D eigenvalue weighted by Gasteiger charge is 2.28. The van der Waals surface area contributed by atoms with Crippen molar-refractivity contribution in [2.24, 2.45) is 0 Å². The second-order valence-electron chi connectivity index (χ2n) is 6.84. The van der Waals surface area contributed by atoms with Crippen LogP contribution < -0.4 is 0 Å². The van der Waals surface area contributed by atoms with Gasteiger partial charge >= 0.3 is 0 Å². The average Bonchev–Trinajstić information content (AvgIpc) is 3.09. The van der Waals surface area contributed by atoms with Gasteiger partial charge in [0.25, 0.3) is 11.7 Å². The first-order valence-electron chi connectivity index (χ1n) is 8.75. The van der Waals surface area contributed by atoms with E-state index >= 15 is 0 Å². The van der Waals surface area contributed by atoms with Crippen LogP contribution in [0.15, 0.2) is 30.6 Å². The highest BCUT2D eigenvalue weighted by atomic mass is 19.1. The first kappa shape index (κ1) is 16.6. The Morgan fingerprint density at radius 1 is 1.27 bits per heavy atom. The molecule has 0 radical (unpaired) electrons. The van der Waals surface area contributed by atoms with Crippen LogP contribution in [-0.4, -0.2) is 43.5 Å². The molecule has 4 rings (SSSR count). The molecule has 3 heterocycles. The second kappa shape index (κ2) is 6.48. The Morgan fingerprint density at radius 2 is 2.12 bits per heavy atom. The van der Waals surface area contributed by atoms with E-state index in [1.807, 2.05) is 17.9 Å². The van der Waals surface area contributed by atoms with E-state index in [2.05, 4.69) is 15.1 Å². The van der Waals surface area contributed by atoms with Crippen molar-refractivity contribution in [2.75, 3.05) is 13.1 Å². The lowest BCUT2D eigenvalue weighted by molar-refractivity contribution is 0.0704. The lowest BCUT2D eigenvalue weighted by atomic mass is 9.93. The van der Waals surface area contributed by atoms with Crippen molar-refractivity contribution in [2.45, 2.75) is 32.6 Å². The molecule has 1 fully saturated rings. The summed E-state index contributed by atoms with van der Waals surface area (Å²) in [4.78, 5) is 23.4. The van der Waals surface area contributed by atoms with E-state index in [9.17, 15) is 9.18 Å². The molecule has 0 aliphatic carbocycles. The van der Waals surface area contributed by atoms with Crippen molar-refractivity contribution >= 4 is 11.7 Å². The number of amides is 1. The number of likely N-dealkylation sites (tertiary alicyclic amines) is 1. The van der Waals surface area contributed by atoms with Crippen LogP contribution in [0.25, 0.3) is 5.78 Å². The molecule has 1 atom stereocenters. The number of aryl methyl sites for hydroxylation is 2. The van der Waals surface area contributed by atoms with Gasteiger partial charge in [0.05, 0.1) is 5.69 Å². The van der Waals surface area contributed by atoms with E-state index in [4.69, 9.17) is 0 Å². The van der Waals surface area contributed by atoms with E-state index < -0.39 is 0 Å². The zero-order valence-corrected chi connectivity index (χ0v) is 14.8. The van der Waals surface area contributed by atoms with Gasteiger partial charge in [0.2, 0.25) is 0 Å². The Bertz CT molecular complexity index is 983. The summed E-state index contributed by atoms with van der Waals surface area (Å²) in [6.07, 6.45) is 3.39. The number of rotatable bonds is 2. The smallest absolute Gasteiger partial charge is 0.254 e. The molecule has 0 N–H and O–H groups in total. The summed E-state index contributed by atoms with van der Waals surface area (Å²) < 4.78 is 15.1. The number of carbonyl (C=O) groups excluding carboxylic acids is 1. The van der Waals surface area contributed by atoms with Crippen molar-refractivity contribution in [1.82, 2.24) is 24.5 Å². The Labute approximate surface area is 150 Å². The zero-order chi connectivity index (χ0) is 18.3. The summed E-state index contributed by atoms with van der Waals surface area (Å²) in [5, 5.41) is 4.28. The number of benzene rings is 1. The predicted octanol–water partition coefficient (Wildman–Crippen LogP) is 2.90. The number of nitrogens with zero attached hydrogens (tertiary/aromatic N) is 5. The molecular weight excluding hydrogens is 333 g/mol. The zero-order valence-electron chi connectivity index (χ0n) is 14.8. The Hall–Kier alpha value is -2.83. The fourth-order valence-corrected chi connectivity index (χ4v) is 3.69. The molecule has 1 aliphatic rings. The van der Waals surface area contributed by atoms with Gasteiger partial charge in [0.1, 0.15) is 12.1 Å². The van der Waals surface area contributed by atoms with E-state index in [0.717, 1.165) is 24.2 Å². The molecular formula is C19H20FN5O. The minimum absolute atomic E-state index is 0.0483. The number of carbonyl (C=O) groups is 1. The standard InChI is InChI=1S/C19H20FN5O/c1-12-8-15(20)5-6-16(12)18(26)24-7-3-4-14(10-24)17-9-13(2)23-19-21-11-22-25(17)19/h5-6,8-9,11,14H,3-4,7,10H2,1-2H3. The van der Waals surface area contributed by atoms with E-state index in [1.165, 1.54) is 18.5 Å². The maximum absolute atomic E-state index is 13.3. The normalized spacial score (nSPS) is 17.7. The summed E-state index contributed by atoms with van der Waals surface area (Å²) in [6, 6.07) is 6.33. The van der Waals surface area contributed by atoms with Crippen LogP contribution in [0.2, 0.25) is 0 Å². The van der Waals surface area contributed by atoms with Crippen molar-refractivity contribution in [3.8, 4) is 0 Å². The molecule has 0 spiro atoms. The van der Waals surface area contributed by atoms with E-state index in [1.54, 1.807) is 17.5 Å². The summed E-state index contributed by atoms with van der Waals surface area (Å²) in [5.74, 6) is 0.376. The van der Waals surface area contributed by atoms with Gasteiger partial charge < -0.3 is 4.90 Å². The Morgan fingerprint density at radius 3 is 2.92 bits per heavy atom. The topological polar surface area (TPSA) is 63.4 Å². The van der Waals surface area contributed by atoms with Crippen molar-refractivity contribution in [1.29, 1.82) is 0 Å². The number of fused-ring (bicyclic) bond motifs is 1. The number of hydrogen-bond acceptors (Lipinski definition) is 4. The Balaban J connectivity index is 1.63. The number of halogens is 1. The molecule has 3 aromatic rings. The first-order chi connectivity index (χ1) is 12.5. The van der Waals surface area contributed by atoms with Gasteiger partial charge in [-0.15, -0.1) is 0 Å². The van der Waals surface area contributed by atoms with Gasteiger partial charge in [-0.25, -0.2) is 13.9 Å². The summed E-state index contributed by atoms with van der Waals surface area (Å²) >= 11 is 0. The monoisotopic (exact) mass is 353 g/mol. The Kier molecular flexibility index (Phi) is 4.14. The highest BCUT2D eigenvalue weighted by molar-refractivity contribution is 5.95. The lowest BCUT2D eigenvalue weighted by Crippen LogP contribution is -2.40. The molecule has 1 unspecified atom stereocenters. The minimum Gasteiger partial charge on any atom is -0.338 e. The molecule has 1 saturated heterocycles. The molecule has 134 valence electrons. The van der Waals surface area contributed by atoms with Gasteiger partial charge in [-0.2, -0.15) is 10.1 Å². The van der Waals surface area contributed by atoms with Crippen molar-refractivity contribution < 1.29 is 9.18 Å². The summed E-state index contributed by atoms with van der Waals surface area (Å²) in [5.41, 5.74) is 3.14. The third-order valence-corrected chi connectivity index (χ3v) is 4.95. The van der Waals surface area contributed by atoms with E-state index in [-0.39, 0.29) is 17.6 Å². The fraction of sp³-hybridized carbons (Fsp3) is 0.368. The van der Waals surface area contributed by atoms with Gasteiger partial charge in [0, 0.05) is 30.3 Å². The van der Waals surface area contributed by atoms with Crippen LogP contribution in [0, 0.1) is 19.7 Å². The third-order valence-electron chi connectivity index (χ3n) is 4.95. The molecule has 0 bridgehead atoms. The molecule has 0 saturated carbocycles. The molecule has 2 aromatic heterocycles. The van der Waals surface area contributed by atoms with Crippen LogP contribution in [0.3, 0.4) is 0 Å². The maximum Gasteiger partial charge on any atom is 0.254 e. The third kappa shape index (κ3) is 2.94. The summed E-state index contributed by atoms with van der Waals surface area (Å²) in [6.45, 7) is 5.01. The van der Waals surface area contributed by atoms with Crippen LogP contribution in [0.5, 0.6) is 0 Å². The van der Waals surface area contributed by atoms with Crippen molar-refractivity contribution in [3.63, 3.8) is 0 Å². The van der Waals surface area contributed by atoms with Crippen LogP contribution in [0.1, 0.15) is 46.1 Å². The predicted molar refractivity (Wildman–Crippen MR) is 94.5 cm³/mol. The van der Waals surface area contributed by atoms with Crippen LogP contribution in [0.4, 0.5) is 4.39 Å². The van der Waals surface area contributed by atoms with Crippen LogP contribution in [-0.2, 0) is 0 Å². The van der Waals surface area contributed by atoms with Gasteiger partial charge in [-0.05, 0) is 56.5 Å². The lowest BCUT2D eigenvalue weighted by Gasteiger charge is -2.33. The average molecular weight is 353 g/mol. The largest absolute Gasteiger partial charge is 0.338 e. The molecule has 1 aromatic carbocycles. The van der Waals surface area contributed by atoms with Gasteiger partial charge in [0.15, 0.2) is 0 Å². The van der Waals surface area contributed by atoms with Crippen LogP contribution >= 0.6 is 0 Å². The fourth-order valence-electron chi connectivity index (χ4n) is 3.69. The number of hydrogen-bond donors (Lipinski definition) is 0. The minimum atomic E-state index is -0.323. The second-order valence-corrected chi connectivity index (χ2v) is 6.84. The molecule has 1 amide bonds. The first-order valence-corrected chi connectivity index (χ1v) is 8.75. The summed E-state index contributed by atoms with van der Waals surface area (Å²) in [7, 11) is 0. The number of aromatic nitrogens is 4. The van der Waals surface area contributed by atoms with Gasteiger partial charge in [-0.3, -0.25) is 4.79 Å². The molecule has 7 heteroatoms. The quantitative estimate of drug-likeness (QED) is 0.711. The molecule has 6 nitrogen and oxygen atoms in total. The number of piperidine rings is 1.